The smallest absolute Gasteiger partial charge is 0.171 e. The summed E-state index contributed by atoms with van der Waals surface area (Å²) < 4.78 is 13.4. The first-order valence-electron chi connectivity index (χ1n) is 12.0. The standard InChI is InChI=1S/C25H46NO2/c1-2-3-4-5-6-7-8-9-10-11-12-13-14-18-22-27-24-25-28-23-21-26-19-16-15-17-20-26/h15-17,19-20H,2-14,18,21-25H2,1H3/q+1. The van der Waals surface area contributed by atoms with Crippen molar-refractivity contribution in [2.45, 2.75) is 103 Å². The molecule has 0 aliphatic heterocycles. The van der Waals surface area contributed by atoms with Crippen LogP contribution in [0.1, 0.15) is 96.8 Å². The van der Waals surface area contributed by atoms with Crippen molar-refractivity contribution in [3.63, 3.8) is 0 Å². The third-order valence-electron chi connectivity index (χ3n) is 5.29. The van der Waals surface area contributed by atoms with E-state index in [0.717, 1.165) is 26.4 Å². The van der Waals surface area contributed by atoms with Crippen molar-refractivity contribution in [3.8, 4) is 0 Å². The van der Waals surface area contributed by atoms with Crippen LogP contribution in [0, 0.1) is 0 Å². The summed E-state index contributed by atoms with van der Waals surface area (Å²) in [7, 11) is 0. The highest BCUT2D eigenvalue weighted by molar-refractivity contribution is 4.83. The van der Waals surface area contributed by atoms with Gasteiger partial charge in [0.2, 0.25) is 0 Å². The van der Waals surface area contributed by atoms with E-state index in [1.807, 2.05) is 18.2 Å². The molecule has 0 radical (unpaired) electrons. The van der Waals surface area contributed by atoms with Gasteiger partial charge < -0.3 is 9.47 Å². The van der Waals surface area contributed by atoms with Gasteiger partial charge in [0.05, 0.1) is 13.2 Å². The van der Waals surface area contributed by atoms with Gasteiger partial charge in [0.15, 0.2) is 18.9 Å². The Labute approximate surface area is 174 Å². The van der Waals surface area contributed by atoms with Crippen molar-refractivity contribution >= 4 is 0 Å². The lowest BCUT2D eigenvalue weighted by Gasteiger charge is -2.05. The fourth-order valence-corrected chi connectivity index (χ4v) is 3.47. The second kappa shape index (κ2) is 20.8. The Morgan fingerprint density at radius 2 is 0.964 bits per heavy atom. The van der Waals surface area contributed by atoms with Gasteiger partial charge in [0.1, 0.15) is 6.61 Å². The lowest BCUT2D eigenvalue weighted by Crippen LogP contribution is -2.34. The number of ether oxygens (including phenoxy) is 2. The average Bonchev–Trinajstić information content (AvgIpc) is 2.73. The molecule has 28 heavy (non-hydrogen) atoms. The number of nitrogens with zero attached hydrogens (tertiary/aromatic N) is 1. The summed E-state index contributed by atoms with van der Waals surface area (Å²) in [5.74, 6) is 0. The first kappa shape index (κ1) is 25.1. The Hall–Kier alpha value is -0.930. The number of unbranched alkanes of at least 4 members (excludes halogenated alkanes) is 13. The number of pyridine rings is 1. The topological polar surface area (TPSA) is 22.3 Å². The largest absolute Gasteiger partial charge is 0.379 e. The molecular weight excluding hydrogens is 346 g/mol. The second-order valence-electron chi connectivity index (χ2n) is 7.93. The predicted octanol–water partition coefficient (Wildman–Crippen LogP) is 6.49. The third-order valence-corrected chi connectivity index (χ3v) is 5.29. The maximum absolute atomic E-state index is 5.66. The van der Waals surface area contributed by atoms with Gasteiger partial charge in [-0.1, -0.05) is 96.5 Å². The Bertz CT molecular complexity index is 410. The molecule has 3 nitrogen and oxygen atoms in total. The van der Waals surface area contributed by atoms with Crippen LogP contribution in [0.5, 0.6) is 0 Å². The maximum Gasteiger partial charge on any atom is 0.171 e. The van der Waals surface area contributed by atoms with E-state index < -0.39 is 0 Å². The molecule has 0 fully saturated rings. The summed E-state index contributed by atoms with van der Waals surface area (Å²) in [6.45, 7) is 6.24. The SMILES string of the molecule is CCCCCCCCCCCCCCCCOCCOCC[n+]1ccccc1. The minimum Gasteiger partial charge on any atom is -0.379 e. The molecule has 162 valence electrons. The molecule has 0 spiro atoms. The molecule has 0 amide bonds. The first-order valence-corrected chi connectivity index (χ1v) is 12.0. The molecule has 0 bridgehead atoms. The van der Waals surface area contributed by atoms with E-state index >= 15 is 0 Å². The first-order chi connectivity index (χ1) is 13.9. The molecule has 3 heteroatoms. The van der Waals surface area contributed by atoms with Gasteiger partial charge in [-0.25, -0.2) is 4.57 Å². The van der Waals surface area contributed by atoms with Crippen molar-refractivity contribution in [3.05, 3.63) is 30.6 Å². The van der Waals surface area contributed by atoms with E-state index in [4.69, 9.17) is 9.47 Å². The third kappa shape index (κ3) is 17.2. The van der Waals surface area contributed by atoms with Gasteiger partial charge in [-0.15, -0.1) is 0 Å². The normalized spacial score (nSPS) is 11.2. The van der Waals surface area contributed by atoms with Crippen LogP contribution in [0.15, 0.2) is 30.6 Å². The molecule has 0 N–H and O–H groups in total. The minimum atomic E-state index is 0.700. The minimum absolute atomic E-state index is 0.700. The number of hydrogen-bond acceptors (Lipinski definition) is 2. The fourth-order valence-electron chi connectivity index (χ4n) is 3.47. The molecule has 0 saturated carbocycles. The Kier molecular flexibility index (Phi) is 18.6. The summed E-state index contributed by atoms with van der Waals surface area (Å²) in [4.78, 5) is 0. The van der Waals surface area contributed by atoms with Crippen molar-refractivity contribution in [2.24, 2.45) is 0 Å². The molecule has 0 saturated heterocycles. The van der Waals surface area contributed by atoms with Crippen LogP contribution < -0.4 is 4.57 Å². The summed E-state index contributed by atoms with van der Waals surface area (Å²) in [5.41, 5.74) is 0. The van der Waals surface area contributed by atoms with Gasteiger partial charge >= 0.3 is 0 Å². The van der Waals surface area contributed by atoms with Crippen LogP contribution in [0.2, 0.25) is 0 Å². The molecule has 1 aromatic heterocycles. The van der Waals surface area contributed by atoms with E-state index in [-0.39, 0.29) is 0 Å². The lowest BCUT2D eigenvalue weighted by molar-refractivity contribution is -0.698. The summed E-state index contributed by atoms with van der Waals surface area (Å²) in [6.07, 6.45) is 23.7. The molecule has 0 atom stereocenters. The number of hydrogen-bond donors (Lipinski definition) is 0. The van der Waals surface area contributed by atoms with E-state index in [0.29, 0.717) is 6.61 Å². The van der Waals surface area contributed by atoms with Crippen molar-refractivity contribution < 1.29 is 14.0 Å². The van der Waals surface area contributed by atoms with Crippen LogP contribution in [0.4, 0.5) is 0 Å². The van der Waals surface area contributed by atoms with Gasteiger partial charge in [0, 0.05) is 18.7 Å². The van der Waals surface area contributed by atoms with Crippen LogP contribution in [-0.2, 0) is 16.0 Å². The van der Waals surface area contributed by atoms with Crippen LogP contribution >= 0.6 is 0 Å². The molecule has 1 aromatic rings. The average molecular weight is 393 g/mol. The van der Waals surface area contributed by atoms with Crippen molar-refractivity contribution in [1.82, 2.24) is 0 Å². The van der Waals surface area contributed by atoms with E-state index in [1.165, 1.54) is 89.9 Å². The van der Waals surface area contributed by atoms with E-state index in [9.17, 15) is 0 Å². The molecule has 0 aliphatic rings. The van der Waals surface area contributed by atoms with Crippen LogP contribution in [0.25, 0.3) is 0 Å². The van der Waals surface area contributed by atoms with Gasteiger partial charge in [-0.3, -0.25) is 0 Å². The number of aromatic nitrogens is 1. The fraction of sp³-hybridized carbons (Fsp3) is 0.800. The Morgan fingerprint density at radius 1 is 0.500 bits per heavy atom. The number of rotatable bonds is 21. The van der Waals surface area contributed by atoms with Gasteiger partial charge in [0.25, 0.3) is 0 Å². The summed E-state index contributed by atoms with van der Waals surface area (Å²) in [6, 6.07) is 6.11. The highest BCUT2D eigenvalue weighted by Gasteiger charge is 1.98. The van der Waals surface area contributed by atoms with Crippen LogP contribution in [-0.4, -0.2) is 26.4 Å². The molecule has 1 rings (SSSR count). The predicted molar refractivity (Wildman–Crippen MR) is 119 cm³/mol. The molecular formula is C25H46NO2+. The van der Waals surface area contributed by atoms with Crippen LogP contribution in [0.3, 0.4) is 0 Å². The highest BCUT2D eigenvalue weighted by Crippen LogP contribution is 2.12. The van der Waals surface area contributed by atoms with Crippen molar-refractivity contribution in [1.29, 1.82) is 0 Å². The lowest BCUT2D eigenvalue weighted by atomic mass is 10.0. The Morgan fingerprint density at radius 3 is 1.50 bits per heavy atom. The monoisotopic (exact) mass is 392 g/mol. The van der Waals surface area contributed by atoms with Gasteiger partial charge in [-0.2, -0.15) is 0 Å². The van der Waals surface area contributed by atoms with Crippen molar-refractivity contribution in [2.75, 3.05) is 26.4 Å². The maximum atomic E-state index is 5.66. The zero-order chi connectivity index (χ0) is 20.0. The highest BCUT2D eigenvalue weighted by atomic mass is 16.5. The van der Waals surface area contributed by atoms with E-state index in [1.54, 1.807) is 0 Å². The molecule has 0 aromatic carbocycles. The van der Waals surface area contributed by atoms with Gasteiger partial charge in [-0.05, 0) is 6.42 Å². The molecule has 0 unspecified atom stereocenters. The zero-order valence-electron chi connectivity index (χ0n) is 18.6. The molecule has 0 aliphatic carbocycles. The quantitative estimate of drug-likeness (QED) is 0.176. The zero-order valence-corrected chi connectivity index (χ0v) is 18.6. The van der Waals surface area contributed by atoms with E-state index in [2.05, 4.69) is 23.9 Å². The Balaban J connectivity index is 1.67. The molecule has 1 heterocycles. The summed E-state index contributed by atoms with van der Waals surface area (Å²) >= 11 is 0. The second-order valence-corrected chi connectivity index (χ2v) is 7.93. The summed E-state index contributed by atoms with van der Waals surface area (Å²) in [5, 5.41) is 0.